The zero-order valence-electron chi connectivity index (χ0n) is 36.2. The lowest BCUT2D eigenvalue weighted by atomic mass is 10.0. The third-order valence-corrected chi connectivity index (χ3v) is 10.0. The third-order valence-electron chi connectivity index (χ3n) is 9.06. The molecule has 0 aromatic heterocycles. The normalized spacial score (nSPS) is 14.9. The van der Waals surface area contributed by atoms with Gasteiger partial charge in [-0.2, -0.15) is 0 Å². The van der Waals surface area contributed by atoms with E-state index < -0.39 is 63.8 Å². The summed E-state index contributed by atoms with van der Waals surface area (Å²) < 4.78 is 32.6. The molecule has 59 heavy (non-hydrogen) atoms. The van der Waals surface area contributed by atoms with Crippen LogP contribution in [0.2, 0.25) is 0 Å². The maximum atomic E-state index is 12.6. The van der Waals surface area contributed by atoms with Crippen LogP contribution in [0.1, 0.15) is 162 Å². The number of esters is 2. The van der Waals surface area contributed by atoms with Crippen molar-refractivity contribution in [2.75, 3.05) is 19.8 Å². The van der Waals surface area contributed by atoms with Gasteiger partial charge in [-0.15, -0.1) is 0 Å². The lowest BCUT2D eigenvalue weighted by molar-refractivity contribution is -0.161. The summed E-state index contributed by atoms with van der Waals surface area (Å²) in [5.74, 6) is -2.51. The van der Waals surface area contributed by atoms with Gasteiger partial charge in [0.25, 0.3) is 0 Å². The topological polar surface area (TPSA) is 192 Å². The quantitative estimate of drug-likeness (QED) is 0.0150. The summed E-state index contributed by atoms with van der Waals surface area (Å²) in [6.45, 7) is 2.51. The molecule has 0 bridgehead atoms. The first-order valence-corrected chi connectivity index (χ1v) is 23.6. The van der Waals surface area contributed by atoms with Crippen molar-refractivity contribution in [2.24, 2.45) is 5.73 Å². The third kappa shape index (κ3) is 40.1. The van der Waals surface area contributed by atoms with E-state index in [-0.39, 0.29) is 12.8 Å². The molecular weight excluding hydrogens is 773 g/mol. The van der Waals surface area contributed by atoms with E-state index in [1.54, 1.807) is 6.08 Å². The van der Waals surface area contributed by atoms with E-state index in [9.17, 15) is 28.9 Å². The number of hydrogen-bond donors (Lipinski definition) is 4. The second-order valence-electron chi connectivity index (χ2n) is 14.7. The van der Waals surface area contributed by atoms with E-state index in [1.807, 2.05) is 48.6 Å². The molecule has 0 saturated carbocycles. The Kier molecular flexibility index (Phi) is 38.2. The zero-order valence-corrected chi connectivity index (χ0v) is 37.1. The van der Waals surface area contributed by atoms with Crippen LogP contribution in [-0.4, -0.2) is 71.1 Å². The number of ether oxygens (including phenoxy) is 2. The minimum absolute atomic E-state index is 0.0792. The molecule has 0 fully saturated rings. The van der Waals surface area contributed by atoms with Crippen molar-refractivity contribution in [3.8, 4) is 0 Å². The van der Waals surface area contributed by atoms with E-state index >= 15 is 0 Å². The molecular formula is C46H78NO11P. The van der Waals surface area contributed by atoms with Crippen LogP contribution in [0.4, 0.5) is 0 Å². The number of hydrogen-bond acceptors (Lipinski definition) is 10. The molecule has 2 unspecified atom stereocenters. The summed E-state index contributed by atoms with van der Waals surface area (Å²) in [6, 6.07) is -1.54. The Morgan fingerprint density at radius 3 is 1.71 bits per heavy atom. The van der Waals surface area contributed by atoms with Crippen LogP contribution in [-0.2, 0) is 37.5 Å². The van der Waals surface area contributed by atoms with E-state index in [4.69, 9.17) is 24.8 Å². The summed E-state index contributed by atoms with van der Waals surface area (Å²) in [5, 5.41) is 18.7. The Morgan fingerprint density at radius 1 is 0.627 bits per heavy atom. The van der Waals surface area contributed by atoms with E-state index in [1.165, 1.54) is 70.6 Å². The van der Waals surface area contributed by atoms with E-state index in [0.717, 1.165) is 38.5 Å². The number of carboxylic acids is 1. The molecule has 13 heteroatoms. The molecule has 0 aliphatic heterocycles. The van der Waals surface area contributed by atoms with Crippen LogP contribution < -0.4 is 5.73 Å². The smallest absolute Gasteiger partial charge is 0.472 e. The van der Waals surface area contributed by atoms with Crippen molar-refractivity contribution in [2.45, 2.75) is 180 Å². The van der Waals surface area contributed by atoms with Crippen LogP contribution in [0.3, 0.4) is 0 Å². The number of carbonyl (C=O) groups excluding carboxylic acids is 2. The fourth-order valence-corrected chi connectivity index (χ4v) is 6.36. The van der Waals surface area contributed by atoms with E-state index in [2.05, 4.69) is 36.6 Å². The predicted octanol–water partition coefficient (Wildman–Crippen LogP) is 10.7. The first kappa shape index (κ1) is 55.9. The maximum absolute atomic E-state index is 12.6. The Hall–Kier alpha value is -3.12. The number of phosphoric ester groups is 1. The number of phosphoric acid groups is 1. The summed E-state index contributed by atoms with van der Waals surface area (Å²) in [4.78, 5) is 45.9. The molecule has 0 rings (SSSR count). The first-order chi connectivity index (χ1) is 28.5. The Morgan fingerprint density at radius 2 is 1.15 bits per heavy atom. The maximum Gasteiger partial charge on any atom is 0.472 e. The van der Waals surface area contributed by atoms with Crippen LogP contribution in [0, 0.1) is 0 Å². The van der Waals surface area contributed by atoms with Gasteiger partial charge in [-0.3, -0.25) is 23.4 Å². The molecule has 4 atom stereocenters. The van der Waals surface area contributed by atoms with Gasteiger partial charge in [0.15, 0.2) is 6.10 Å². The molecule has 0 radical (unpaired) electrons. The highest BCUT2D eigenvalue weighted by Gasteiger charge is 2.28. The average molecular weight is 852 g/mol. The van der Waals surface area contributed by atoms with Crippen molar-refractivity contribution in [3.63, 3.8) is 0 Å². The second-order valence-corrected chi connectivity index (χ2v) is 16.1. The summed E-state index contributed by atoms with van der Waals surface area (Å²) in [7, 11) is -4.74. The predicted molar refractivity (Wildman–Crippen MR) is 237 cm³/mol. The summed E-state index contributed by atoms with van der Waals surface area (Å²) in [5.41, 5.74) is 5.33. The molecule has 0 saturated heterocycles. The zero-order chi connectivity index (χ0) is 43.7. The highest BCUT2D eigenvalue weighted by atomic mass is 31.2. The van der Waals surface area contributed by atoms with Gasteiger partial charge in [0, 0.05) is 12.8 Å². The number of carboxylic acid groups (broad SMARTS) is 1. The van der Waals surface area contributed by atoms with Gasteiger partial charge in [0.2, 0.25) is 0 Å². The SMILES string of the molecule is CC/C=C\CC(O)/C=C/C=C/C/C=C\C/C=C\C/C=C\CCC(=O)OC[C@H](COP(=O)(O)OC[C@H](N)C(=O)O)OC(=O)CCCCCCCCCCCCCCCCC. The Labute approximate surface area is 355 Å². The number of aliphatic hydroxyl groups excluding tert-OH is 1. The molecule has 338 valence electrons. The number of aliphatic carboxylic acids is 1. The molecule has 0 aromatic carbocycles. The van der Waals surface area contributed by atoms with Gasteiger partial charge in [0.1, 0.15) is 12.6 Å². The van der Waals surface area contributed by atoms with Crippen molar-refractivity contribution in [3.05, 3.63) is 72.9 Å². The molecule has 12 nitrogen and oxygen atoms in total. The van der Waals surface area contributed by atoms with E-state index in [0.29, 0.717) is 25.7 Å². The minimum atomic E-state index is -4.74. The number of allylic oxidation sites excluding steroid dienone is 10. The molecule has 0 heterocycles. The van der Waals surface area contributed by atoms with Crippen LogP contribution in [0.25, 0.3) is 0 Å². The van der Waals surface area contributed by atoms with Crippen LogP contribution >= 0.6 is 7.82 Å². The fourth-order valence-electron chi connectivity index (χ4n) is 5.59. The highest BCUT2D eigenvalue weighted by molar-refractivity contribution is 7.47. The molecule has 0 spiro atoms. The molecule has 5 N–H and O–H groups in total. The Bertz CT molecular complexity index is 1290. The lowest BCUT2D eigenvalue weighted by Gasteiger charge is -2.20. The molecule has 0 aromatic rings. The van der Waals surface area contributed by atoms with Gasteiger partial charge in [-0.05, 0) is 44.9 Å². The molecule has 0 amide bonds. The lowest BCUT2D eigenvalue weighted by Crippen LogP contribution is -2.34. The monoisotopic (exact) mass is 852 g/mol. The number of nitrogens with two attached hydrogens (primary N) is 1. The van der Waals surface area contributed by atoms with Gasteiger partial charge in [0.05, 0.1) is 19.3 Å². The summed E-state index contributed by atoms with van der Waals surface area (Å²) in [6.07, 6.45) is 44.5. The van der Waals surface area contributed by atoms with Gasteiger partial charge < -0.3 is 30.3 Å². The minimum Gasteiger partial charge on any atom is -0.480 e. The second kappa shape index (κ2) is 40.3. The highest BCUT2D eigenvalue weighted by Crippen LogP contribution is 2.43. The fraction of sp³-hybridized carbons (Fsp3) is 0.674. The number of carbonyl (C=O) groups is 3. The van der Waals surface area contributed by atoms with Crippen LogP contribution in [0.5, 0.6) is 0 Å². The van der Waals surface area contributed by atoms with Gasteiger partial charge >= 0.3 is 25.7 Å². The van der Waals surface area contributed by atoms with Crippen molar-refractivity contribution < 1.29 is 52.6 Å². The number of aliphatic hydroxyl groups is 1. The largest absolute Gasteiger partial charge is 0.480 e. The summed E-state index contributed by atoms with van der Waals surface area (Å²) >= 11 is 0. The average Bonchev–Trinajstić information content (AvgIpc) is 3.20. The van der Waals surface area contributed by atoms with Gasteiger partial charge in [-0.25, -0.2) is 4.57 Å². The standard InChI is InChI=1S/C46H78NO11P/c1-3-5-7-8-9-10-11-12-13-16-20-23-26-29-33-37-45(50)58-42(39-56-59(53,54)57-40-43(47)46(51)52)38-55-44(49)36-32-28-25-22-19-17-14-15-18-21-24-27-31-35-41(48)34-30-6-4-2/h6,15,17-19,24-25,27-28,30-31,35,41-43,48H,3-5,7-14,16,20-23,26,29,32-34,36-40,47H2,1-2H3,(H,51,52)(H,53,54)/b18-15-,19-17-,27-24+,28-25-,30-6-,35-31+/t41?,42-,43+/m1/s1. The number of rotatable bonds is 40. The van der Waals surface area contributed by atoms with Gasteiger partial charge in [-0.1, -0.05) is 177 Å². The number of unbranched alkanes of at least 4 members (excludes halogenated alkanes) is 14. The Balaban J connectivity index is 4.51. The van der Waals surface area contributed by atoms with Crippen molar-refractivity contribution in [1.82, 2.24) is 0 Å². The van der Waals surface area contributed by atoms with Crippen molar-refractivity contribution >= 4 is 25.7 Å². The molecule has 0 aliphatic rings. The molecule has 0 aliphatic carbocycles. The van der Waals surface area contributed by atoms with Crippen molar-refractivity contribution in [1.29, 1.82) is 0 Å². The van der Waals surface area contributed by atoms with Crippen LogP contribution in [0.15, 0.2) is 72.9 Å². The first-order valence-electron chi connectivity index (χ1n) is 22.1.